The minimum Gasteiger partial charge on any atom is -0.382 e. The zero-order valence-electron chi connectivity index (χ0n) is 17.7. The van der Waals surface area contributed by atoms with Gasteiger partial charge < -0.3 is 10.2 Å². The van der Waals surface area contributed by atoms with Gasteiger partial charge in [0.2, 0.25) is 0 Å². The van der Waals surface area contributed by atoms with Crippen LogP contribution in [0.4, 0.5) is 61.5 Å². The van der Waals surface area contributed by atoms with Gasteiger partial charge in [0.15, 0.2) is 6.10 Å². The van der Waals surface area contributed by atoms with Gasteiger partial charge in [0, 0.05) is 15.1 Å². The van der Waals surface area contributed by atoms with Crippen molar-refractivity contribution in [1.82, 2.24) is 0 Å². The Kier molecular flexibility index (Phi) is 10.2. The summed E-state index contributed by atoms with van der Waals surface area (Å²) < 4.78 is 175. The molecule has 0 radical (unpaired) electrons. The first-order valence-corrected chi connectivity index (χ1v) is 10.5. The molecule has 18 heteroatoms. The fourth-order valence-corrected chi connectivity index (χ4v) is 3.10. The van der Waals surface area contributed by atoms with Gasteiger partial charge in [-0.1, -0.05) is 57.9 Å². The first kappa shape index (κ1) is 34.2. The molecule has 0 aliphatic heterocycles. The number of hydrogen-bond acceptors (Lipinski definition) is 2. The Morgan fingerprint density at radius 1 is 0.579 bits per heavy atom. The largest absolute Gasteiger partial charge is 0.459 e. The van der Waals surface area contributed by atoms with Gasteiger partial charge in [0.25, 0.3) is 0 Å². The molecule has 2 nitrogen and oxygen atoms in total. The molecular weight excluding hydrogens is 654 g/mol. The highest BCUT2D eigenvalue weighted by molar-refractivity contribution is 9.10. The second kappa shape index (κ2) is 11.3. The van der Waals surface area contributed by atoms with Crippen molar-refractivity contribution in [3.05, 3.63) is 69.2 Å². The molecule has 0 saturated heterocycles. The molecule has 0 fully saturated rings. The maximum atomic E-state index is 13.2. The van der Waals surface area contributed by atoms with E-state index in [1.165, 1.54) is 6.07 Å². The normalized spacial score (nSPS) is 15.4. The quantitative estimate of drug-likeness (QED) is 0.304. The van der Waals surface area contributed by atoms with Gasteiger partial charge in [-0.05, 0) is 23.8 Å². The van der Waals surface area contributed by atoms with E-state index in [-0.39, 0.29) is 9.50 Å². The summed E-state index contributed by atoms with van der Waals surface area (Å²) in [7, 11) is 0. The number of hydrogen-bond donors (Lipinski definition) is 2. The summed E-state index contributed by atoms with van der Waals surface area (Å²) in [5.74, 6) is -24.1. The molecule has 0 spiro atoms. The highest BCUT2D eigenvalue weighted by atomic mass is 79.9. The lowest BCUT2D eigenvalue weighted by Crippen LogP contribution is -2.54. The van der Waals surface area contributed by atoms with Crippen molar-refractivity contribution in [1.29, 1.82) is 0 Å². The molecule has 2 atom stereocenters. The standard InChI is InChI=1S/C10H6BrF7O.C10H6ClF7O/c11-6-4-2-1-3-5(6)7(19)8(12,13)9(14,15)10(16,17)18;11-6-3-1-5(2-4-6)7(19)8(12,13)9(14,15)10(16,17)18/h2*1-4,7,19H. The lowest BCUT2D eigenvalue weighted by molar-refractivity contribution is -0.372. The summed E-state index contributed by atoms with van der Waals surface area (Å²) in [6.07, 6.45) is -19.6. The predicted octanol–water partition coefficient (Wildman–Crippen LogP) is 8.52. The van der Waals surface area contributed by atoms with Crippen molar-refractivity contribution in [2.45, 2.75) is 48.3 Å². The Bertz CT molecular complexity index is 1070. The summed E-state index contributed by atoms with van der Waals surface area (Å²) in [4.78, 5) is 0. The molecule has 2 rings (SSSR count). The lowest BCUT2D eigenvalue weighted by atomic mass is 9.98. The summed E-state index contributed by atoms with van der Waals surface area (Å²) in [6.45, 7) is 0. The van der Waals surface area contributed by atoms with E-state index in [2.05, 4.69) is 15.9 Å². The molecular formula is C20H12BrClF14O2. The number of benzene rings is 2. The predicted molar refractivity (Wildman–Crippen MR) is 107 cm³/mol. The topological polar surface area (TPSA) is 40.5 Å². The second-order valence-corrected chi connectivity index (χ2v) is 8.56. The average molecular weight is 666 g/mol. The Morgan fingerprint density at radius 3 is 1.32 bits per heavy atom. The van der Waals surface area contributed by atoms with Crippen LogP contribution in [0, 0.1) is 0 Å². The highest BCUT2D eigenvalue weighted by Crippen LogP contribution is 2.53. The van der Waals surface area contributed by atoms with Crippen molar-refractivity contribution >= 4 is 27.5 Å². The van der Waals surface area contributed by atoms with E-state index < -0.39 is 59.4 Å². The van der Waals surface area contributed by atoms with Crippen molar-refractivity contribution in [3.63, 3.8) is 0 Å². The third-order valence-corrected chi connectivity index (χ3v) is 5.60. The smallest absolute Gasteiger partial charge is 0.382 e. The zero-order valence-corrected chi connectivity index (χ0v) is 20.1. The molecule has 38 heavy (non-hydrogen) atoms. The molecule has 0 bridgehead atoms. The van der Waals surface area contributed by atoms with Gasteiger partial charge in [-0.25, -0.2) is 0 Å². The summed E-state index contributed by atoms with van der Waals surface area (Å²) in [5.41, 5.74) is -1.57. The van der Waals surface area contributed by atoms with Gasteiger partial charge in [0.1, 0.15) is 6.10 Å². The van der Waals surface area contributed by atoms with Crippen LogP contribution in [0.1, 0.15) is 23.3 Å². The van der Waals surface area contributed by atoms with Gasteiger partial charge >= 0.3 is 36.0 Å². The Hall–Kier alpha value is -1.85. The van der Waals surface area contributed by atoms with Crippen LogP contribution >= 0.6 is 27.5 Å². The van der Waals surface area contributed by atoms with E-state index in [9.17, 15) is 61.5 Å². The molecule has 0 aliphatic carbocycles. The van der Waals surface area contributed by atoms with Crippen molar-refractivity contribution in [3.8, 4) is 0 Å². The molecule has 2 aromatic carbocycles. The van der Waals surface area contributed by atoms with Crippen LogP contribution in [0.15, 0.2) is 53.0 Å². The van der Waals surface area contributed by atoms with Crippen LogP contribution in [0.5, 0.6) is 0 Å². The van der Waals surface area contributed by atoms with E-state index in [0.29, 0.717) is 0 Å². The lowest BCUT2D eigenvalue weighted by Gasteiger charge is -2.31. The fourth-order valence-electron chi connectivity index (χ4n) is 2.47. The number of aliphatic hydroxyl groups excluding tert-OH is 2. The molecule has 0 aliphatic rings. The third-order valence-electron chi connectivity index (χ3n) is 4.62. The van der Waals surface area contributed by atoms with Crippen LogP contribution < -0.4 is 0 Å². The van der Waals surface area contributed by atoms with Crippen LogP contribution in [-0.2, 0) is 0 Å². The van der Waals surface area contributed by atoms with Gasteiger partial charge in [0.05, 0.1) is 0 Å². The molecule has 0 saturated carbocycles. The third kappa shape index (κ3) is 6.65. The summed E-state index contributed by atoms with van der Waals surface area (Å²) in [5, 5.41) is 18.3. The van der Waals surface area contributed by atoms with E-state index in [4.69, 9.17) is 21.8 Å². The molecule has 2 aromatic rings. The van der Waals surface area contributed by atoms with E-state index >= 15 is 0 Å². The molecule has 0 amide bonds. The van der Waals surface area contributed by atoms with Crippen molar-refractivity contribution in [2.75, 3.05) is 0 Å². The monoisotopic (exact) mass is 664 g/mol. The fraction of sp³-hybridized carbons (Fsp3) is 0.400. The summed E-state index contributed by atoms with van der Waals surface area (Å²) in [6, 6.07) is 7.78. The zero-order chi connectivity index (χ0) is 30.1. The van der Waals surface area contributed by atoms with E-state index in [1.54, 1.807) is 0 Å². The number of rotatable bonds is 6. The van der Waals surface area contributed by atoms with Crippen molar-refractivity contribution in [2.24, 2.45) is 0 Å². The number of alkyl halides is 14. The first-order valence-electron chi connectivity index (χ1n) is 9.34. The Morgan fingerprint density at radius 2 is 0.947 bits per heavy atom. The molecule has 2 unspecified atom stereocenters. The van der Waals surface area contributed by atoms with Crippen LogP contribution in [-0.4, -0.2) is 46.3 Å². The Labute approximate surface area is 216 Å². The SMILES string of the molecule is OC(c1ccc(Cl)cc1)C(F)(F)C(F)(F)C(F)(F)F.OC(c1ccccc1Br)C(F)(F)C(F)(F)C(F)(F)F. The van der Waals surface area contributed by atoms with Gasteiger partial charge in [-0.15, -0.1) is 0 Å². The molecule has 216 valence electrons. The minimum absolute atomic E-state index is 0.0434. The average Bonchev–Trinajstić information content (AvgIpc) is 2.77. The first-order chi connectivity index (χ1) is 16.8. The van der Waals surface area contributed by atoms with Gasteiger partial charge in [-0.3, -0.25) is 0 Å². The van der Waals surface area contributed by atoms with Crippen LogP contribution in [0.2, 0.25) is 5.02 Å². The molecule has 0 aromatic heterocycles. The maximum absolute atomic E-state index is 13.2. The maximum Gasteiger partial charge on any atom is 0.459 e. The second-order valence-electron chi connectivity index (χ2n) is 7.27. The number of halogens is 16. The minimum atomic E-state index is -6.48. The summed E-state index contributed by atoms with van der Waals surface area (Å²) >= 11 is 8.08. The Balaban J connectivity index is 0.000000380. The van der Waals surface area contributed by atoms with Crippen LogP contribution in [0.3, 0.4) is 0 Å². The number of aliphatic hydroxyl groups is 2. The van der Waals surface area contributed by atoms with E-state index in [0.717, 1.165) is 42.5 Å². The van der Waals surface area contributed by atoms with Crippen molar-refractivity contribution < 1.29 is 71.7 Å². The van der Waals surface area contributed by atoms with Gasteiger partial charge in [-0.2, -0.15) is 61.5 Å². The molecule has 0 heterocycles. The van der Waals surface area contributed by atoms with Crippen LogP contribution in [0.25, 0.3) is 0 Å². The highest BCUT2D eigenvalue weighted by Gasteiger charge is 2.76. The van der Waals surface area contributed by atoms with E-state index in [1.807, 2.05) is 0 Å². The molecule has 2 N–H and O–H groups in total.